The molecule has 0 saturated heterocycles. The summed E-state index contributed by atoms with van der Waals surface area (Å²) in [6, 6.07) is 13.8. The van der Waals surface area contributed by atoms with Crippen LogP contribution in [0.1, 0.15) is 37.6 Å². The van der Waals surface area contributed by atoms with Gasteiger partial charge in [-0.15, -0.1) is 0 Å². The summed E-state index contributed by atoms with van der Waals surface area (Å²) >= 11 is 1.53. The first-order valence-corrected chi connectivity index (χ1v) is 12.1. The Hall–Kier alpha value is -2.64. The van der Waals surface area contributed by atoms with Crippen molar-refractivity contribution in [2.45, 2.75) is 27.2 Å². The minimum atomic E-state index is -0.0214. The van der Waals surface area contributed by atoms with Crippen LogP contribution in [0, 0.1) is 0 Å². The fourth-order valence-corrected chi connectivity index (χ4v) is 4.70. The van der Waals surface area contributed by atoms with Crippen LogP contribution in [-0.4, -0.2) is 62.7 Å². The van der Waals surface area contributed by atoms with E-state index in [0.29, 0.717) is 23.8 Å². The van der Waals surface area contributed by atoms with Crippen LogP contribution in [0.15, 0.2) is 42.5 Å². The van der Waals surface area contributed by atoms with Gasteiger partial charge in [0.05, 0.1) is 11.3 Å². The summed E-state index contributed by atoms with van der Waals surface area (Å²) in [6.45, 7) is 10.2. The van der Waals surface area contributed by atoms with Gasteiger partial charge in [-0.1, -0.05) is 17.4 Å². The monoisotopic (exact) mass is 454 g/mol. The third-order valence-corrected chi connectivity index (χ3v) is 6.42. The number of carbonyl (C=O) groups excluding carboxylic acids is 1. The van der Waals surface area contributed by atoms with Crippen molar-refractivity contribution >= 4 is 38.3 Å². The Bertz CT molecular complexity index is 1010. The number of carbonyl (C=O) groups is 1. The van der Waals surface area contributed by atoms with E-state index in [1.165, 1.54) is 11.3 Å². The lowest BCUT2D eigenvalue weighted by molar-refractivity contribution is 0.0986. The Kier molecular flexibility index (Phi) is 8.47. The molecule has 7 heteroatoms. The van der Waals surface area contributed by atoms with Gasteiger partial charge in [0.1, 0.15) is 11.3 Å². The van der Waals surface area contributed by atoms with Crippen molar-refractivity contribution in [3.8, 4) is 5.75 Å². The van der Waals surface area contributed by atoms with E-state index in [4.69, 9.17) is 9.72 Å². The number of benzene rings is 2. The molecule has 0 aliphatic heterocycles. The number of nitrogens with zero attached hydrogens (tertiary/aromatic N) is 4. The fraction of sp³-hybridized carbons (Fsp3) is 0.440. The molecule has 0 N–H and O–H groups in total. The molecule has 0 atom stereocenters. The molecule has 1 heterocycles. The molecular weight excluding hydrogens is 420 g/mol. The number of hydrogen-bond acceptors (Lipinski definition) is 6. The number of anilines is 2. The maximum absolute atomic E-state index is 13.6. The molecule has 3 rings (SSSR count). The largest absolute Gasteiger partial charge is 0.492 e. The first kappa shape index (κ1) is 24.0. The van der Waals surface area contributed by atoms with Gasteiger partial charge in [-0.2, -0.15) is 0 Å². The molecule has 6 nitrogen and oxygen atoms in total. The second kappa shape index (κ2) is 11.3. The predicted molar refractivity (Wildman–Crippen MR) is 136 cm³/mol. The Morgan fingerprint density at radius 2 is 1.72 bits per heavy atom. The first-order chi connectivity index (χ1) is 15.5. The zero-order chi connectivity index (χ0) is 23.1. The molecule has 1 amide bonds. The Balaban J connectivity index is 1.92. The number of thiazole rings is 1. The average Bonchev–Trinajstić information content (AvgIpc) is 3.22. The van der Waals surface area contributed by atoms with E-state index < -0.39 is 0 Å². The van der Waals surface area contributed by atoms with Crippen LogP contribution in [0.4, 0.5) is 10.8 Å². The molecule has 0 saturated carbocycles. The van der Waals surface area contributed by atoms with Crippen LogP contribution >= 0.6 is 11.3 Å². The minimum Gasteiger partial charge on any atom is -0.492 e. The number of ether oxygens (including phenoxy) is 1. The Morgan fingerprint density at radius 1 is 1.00 bits per heavy atom. The van der Waals surface area contributed by atoms with E-state index in [0.717, 1.165) is 47.7 Å². The van der Waals surface area contributed by atoms with E-state index in [9.17, 15) is 4.79 Å². The molecule has 0 spiro atoms. The van der Waals surface area contributed by atoms with Gasteiger partial charge in [0, 0.05) is 30.9 Å². The summed E-state index contributed by atoms with van der Waals surface area (Å²) in [5, 5.41) is 0.712. The highest BCUT2D eigenvalue weighted by Crippen LogP contribution is 2.35. The van der Waals surface area contributed by atoms with Gasteiger partial charge in [0.2, 0.25) is 0 Å². The van der Waals surface area contributed by atoms with Gasteiger partial charge in [-0.3, -0.25) is 9.69 Å². The molecule has 0 unspecified atom stereocenters. The van der Waals surface area contributed by atoms with Gasteiger partial charge in [0.25, 0.3) is 5.91 Å². The first-order valence-electron chi connectivity index (χ1n) is 11.3. The quantitative estimate of drug-likeness (QED) is 0.401. The molecule has 0 radical (unpaired) electrons. The number of fused-ring (bicyclic) bond motifs is 1. The number of para-hydroxylation sites is 1. The van der Waals surface area contributed by atoms with Crippen LogP contribution in [0.25, 0.3) is 10.2 Å². The van der Waals surface area contributed by atoms with Crippen molar-refractivity contribution in [2.75, 3.05) is 56.7 Å². The molecule has 3 aromatic rings. The van der Waals surface area contributed by atoms with Crippen molar-refractivity contribution in [3.63, 3.8) is 0 Å². The number of hydrogen-bond donors (Lipinski definition) is 0. The van der Waals surface area contributed by atoms with Crippen molar-refractivity contribution < 1.29 is 9.53 Å². The van der Waals surface area contributed by atoms with Crippen LogP contribution in [0.5, 0.6) is 5.75 Å². The van der Waals surface area contributed by atoms with Crippen LogP contribution in [-0.2, 0) is 0 Å². The summed E-state index contributed by atoms with van der Waals surface area (Å²) in [7, 11) is 4.09. The van der Waals surface area contributed by atoms with Crippen LogP contribution in [0.3, 0.4) is 0 Å². The highest BCUT2D eigenvalue weighted by molar-refractivity contribution is 7.22. The smallest absolute Gasteiger partial charge is 0.260 e. The topological polar surface area (TPSA) is 48.9 Å². The SMILES string of the molecule is CCOc1cccc2sc(N(CCCN(C)C)C(=O)c3ccc(N(CC)CC)cc3)nc12. The lowest BCUT2D eigenvalue weighted by Crippen LogP contribution is -2.33. The molecule has 0 fully saturated rings. The molecule has 0 aliphatic carbocycles. The van der Waals surface area contributed by atoms with Gasteiger partial charge in [-0.05, 0) is 84.2 Å². The lowest BCUT2D eigenvalue weighted by atomic mass is 10.1. The van der Waals surface area contributed by atoms with Crippen molar-refractivity contribution in [1.29, 1.82) is 0 Å². The van der Waals surface area contributed by atoms with Gasteiger partial charge < -0.3 is 14.5 Å². The summed E-state index contributed by atoms with van der Waals surface area (Å²) in [5.41, 5.74) is 2.62. The number of aromatic nitrogens is 1. The van der Waals surface area contributed by atoms with E-state index in [-0.39, 0.29) is 5.91 Å². The molecule has 1 aromatic heterocycles. The zero-order valence-corrected chi connectivity index (χ0v) is 20.6. The summed E-state index contributed by atoms with van der Waals surface area (Å²) < 4.78 is 6.78. The molecule has 2 aromatic carbocycles. The highest BCUT2D eigenvalue weighted by Gasteiger charge is 2.22. The predicted octanol–water partition coefficient (Wildman–Crippen LogP) is 5.14. The summed E-state index contributed by atoms with van der Waals surface area (Å²) in [4.78, 5) is 24.6. The number of rotatable bonds is 11. The van der Waals surface area contributed by atoms with Gasteiger partial charge >= 0.3 is 0 Å². The Labute approximate surface area is 195 Å². The molecule has 32 heavy (non-hydrogen) atoms. The minimum absolute atomic E-state index is 0.0214. The van der Waals surface area contributed by atoms with Crippen LogP contribution in [0.2, 0.25) is 0 Å². The number of amides is 1. The summed E-state index contributed by atoms with van der Waals surface area (Å²) in [5.74, 6) is 0.739. The van der Waals surface area contributed by atoms with Crippen molar-refractivity contribution in [1.82, 2.24) is 9.88 Å². The molecule has 0 aliphatic rings. The lowest BCUT2D eigenvalue weighted by Gasteiger charge is -2.23. The van der Waals surface area contributed by atoms with Gasteiger partial charge in [-0.25, -0.2) is 4.98 Å². The average molecular weight is 455 g/mol. The van der Waals surface area contributed by atoms with Crippen molar-refractivity contribution in [3.05, 3.63) is 48.0 Å². The maximum atomic E-state index is 13.6. The van der Waals surface area contributed by atoms with Gasteiger partial charge in [0.15, 0.2) is 5.13 Å². The standard InChI is InChI=1S/C25H34N4O2S/c1-6-28(7-2)20-15-13-19(14-16-20)24(30)29(18-10-17-27(4)5)25-26-23-21(31-8-3)11-9-12-22(23)32-25/h9,11-16H,6-8,10,17-18H2,1-5H3. The third kappa shape index (κ3) is 5.58. The molecule has 172 valence electrons. The maximum Gasteiger partial charge on any atom is 0.260 e. The zero-order valence-electron chi connectivity index (χ0n) is 19.8. The second-order valence-corrected chi connectivity index (χ2v) is 8.87. The van der Waals surface area contributed by atoms with E-state index >= 15 is 0 Å². The highest BCUT2D eigenvalue weighted by atomic mass is 32.1. The normalized spacial score (nSPS) is 11.2. The van der Waals surface area contributed by atoms with E-state index in [1.54, 1.807) is 0 Å². The Morgan fingerprint density at radius 3 is 2.34 bits per heavy atom. The van der Waals surface area contributed by atoms with Crippen LogP contribution < -0.4 is 14.5 Å². The second-order valence-electron chi connectivity index (χ2n) is 7.87. The van der Waals surface area contributed by atoms with E-state index in [1.807, 2.05) is 68.4 Å². The van der Waals surface area contributed by atoms with Crippen molar-refractivity contribution in [2.24, 2.45) is 0 Å². The molecule has 0 bridgehead atoms. The van der Waals surface area contributed by atoms with E-state index in [2.05, 4.69) is 23.6 Å². The fourth-order valence-electron chi connectivity index (χ4n) is 3.69. The summed E-state index contributed by atoms with van der Waals surface area (Å²) in [6.07, 6.45) is 0.866. The molecular formula is C25H34N4O2S. The third-order valence-electron chi connectivity index (χ3n) is 5.38.